The second-order valence-corrected chi connectivity index (χ2v) is 17.0. The Morgan fingerprint density at radius 2 is 2.05 bits per heavy atom. The highest BCUT2D eigenvalue weighted by Crippen LogP contribution is 2.46. The minimum atomic E-state index is -2.03. The van der Waals surface area contributed by atoms with Crippen molar-refractivity contribution in [2.75, 3.05) is 23.3 Å². The van der Waals surface area contributed by atoms with E-state index in [9.17, 15) is 10.1 Å². The molecular weight excluding hydrogens is 505 g/mol. The summed E-state index contributed by atoms with van der Waals surface area (Å²) >= 11 is 0. The number of carbonyl (C=O) groups excluding carboxylic acids is 1. The van der Waals surface area contributed by atoms with E-state index in [4.69, 9.17) is 9.41 Å². The van der Waals surface area contributed by atoms with Gasteiger partial charge in [0.05, 0.1) is 11.3 Å². The molecule has 1 atom stereocenters. The molecule has 0 amide bonds. The molecule has 1 aromatic carbocycles. The highest BCUT2D eigenvalue weighted by Gasteiger charge is 2.44. The molecule has 0 fully saturated rings. The number of hydrogen-bond acceptors (Lipinski definition) is 8. The molecule has 0 saturated heterocycles. The third kappa shape index (κ3) is 5.77. The summed E-state index contributed by atoms with van der Waals surface area (Å²) in [5.41, 5.74) is 3.26. The van der Waals surface area contributed by atoms with Gasteiger partial charge in [-0.2, -0.15) is 10.4 Å². The van der Waals surface area contributed by atoms with Crippen LogP contribution in [0.3, 0.4) is 0 Å². The summed E-state index contributed by atoms with van der Waals surface area (Å²) in [7, 11) is -0.531. The minimum absolute atomic E-state index is 0.0639. The molecule has 9 nitrogen and oxygen atoms in total. The second kappa shape index (κ2) is 10.6. The summed E-state index contributed by atoms with van der Waals surface area (Å²) in [4.78, 5) is 22.5. The van der Waals surface area contributed by atoms with Crippen LogP contribution < -0.4 is 10.1 Å². The standard InChI is InChI=1S/C28H37BN7O2Si/c1-19(2)36-12-10-24(34-36)33-26-31-11-9-23(32-26)20-13-21(15-30)25-22(14-20)28(6,16-35(25)29-18-37)17-38-39(7,8)27(3,4)5/h9-14,18-19H,16-17H2,1-8H3,(H,31,32,33,34). The summed E-state index contributed by atoms with van der Waals surface area (Å²) in [6.07, 6.45) is 4.36. The first-order chi connectivity index (χ1) is 18.3. The number of nitriles is 1. The molecule has 39 heavy (non-hydrogen) atoms. The first-order valence-electron chi connectivity index (χ1n) is 13.2. The Hall–Kier alpha value is -3.49. The average Bonchev–Trinajstić information content (AvgIpc) is 3.45. The molecule has 1 aliphatic heterocycles. The van der Waals surface area contributed by atoms with Crippen LogP contribution in [0.25, 0.3) is 11.3 Å². The quantitative estimate of drug-likeness (QED) is 0.281. The zero-order valence-corrected chi connectivity index (χ0v) is 25.1. The van der Waals surface area contributed by atoms with Crippen molar-refractivity contribution in [2.45, 2.75) is 71.1 Å². The smallest absolute Gasteiger partial charge is 0.329 e. The van der Waals surface area contributed by atoms with Gasteiger partial charge in [-0.1, -0.05) is 27.7 Å². The number of carbonyl (C=O) groups is 1. The van der Waals surface area contributed by atoms with Crippen molar-refractivity contribution in [3.05, 3.63) is 47.8 Å². The molecule has 11 heteroatoms. The molecule has 4 rings (SSSR count). The van der Waals surface area contributed by atoms with E-state index < -0.39 is 13.7 Å². The minimum Gasteiger partial charge on any atom is -0.416 e. The van der Waals surface area contributed by atoms with Crippen LogP contribution in [0.1, 0.15) is 58.7 Å². The van der Waals surface area contributed by atoms with Gasteiger partial charge in [-0.25, -0.2) is 9.97 Å². The van der Waals surface area contributed by atoms with E-state index in [-0.39, 0.29) is 11.1 Å². The summed E-state index contributed by atoms with van der Waals surface area (Å²) < 4.78 is 8.53. The van der Waals surface area contributed by atoms with E-state index in [2.05, 4.69) is 82.2 Å². The van der Waals surface area contributed by atoms with Crippen molar-refractivity contribution in [1.29, 1.82) is 5.26 Å². The number of benzene rings is 1. The first kappa shape index (κ1) is 28.5. The number of aromatic nitrogens is 4. The van der Waals surface area contributed by atoms with Gasteiger partial charge in [-0.05, 0) is 55.7 Å². The van der Waals surface area contributed by atoms with Crippen LogP contribution in [0.2, 0.25) is 18.1 Å². The molecule has 2 aromatic heterocycles. The van der Waals surface area contributed by atoms with Gasteiger partial charge < -0.3 is 19.3 Å². The van der Waals surface area contributed by atoms with E-state index in [0.29, 0.717) is 36.2 Å². The maximum absolute atomic E-state index is 11.5. The fourth-order valence-electron chi connectivity index (χ4n) is 4.44. The van der Waals surface area contributed by atoms with Crippen molar-refractivity contribution in [1.82, 2.24) is 19.7 Å². The fraction of sp³-hybridized carbons (Fsp3) is 0.464. The lowest BCUT2D eigenvalue weighted by atomic mass is 9.83. The maximum atomic E-state index is 11.5. The van der Waals surface area contributed by atoms with Gasteiger partial charge in [0.25, 0.3) is 0 Å². The van der Waals surface area contributed by atoms with E-state index in [0.717, 1.165) is 23.0 Å². The SMILES string of the molecule is CC(C)n1ccc(Nc2nccc(-c3cc(C#N)c4c(c3)C(C)(CO[Si](C)(C)C(C)(C)C)CN4[B]C=O)n2)n1. The van der Waals surface area contributed by atoms with Crippen LogP contribution in [0.5, 0.6) is 0 Å². The van der Waals surface area contributed by atoms with Crippen molar-refractivity contribution in [3.8, 4) is 17.3 Å². The number of anilines is 3. The monoisotopic (exact) mass is 542 g/mol. The predicted octanol–water partition coefficient (Wildman–Crippen LogP) is 5.45. The van der Waals surface area contributed by atoms with Crippen LogP contribution in [0, 0.1) is 11.3 Å². The Morgan fingerprint density at radius 3 is 2.67 bits per heavy atom. The highest BCUT2D eigenvalue weighted by molar-refractivity contribution is 6.74. The Morgan fingerprint density at radius 1 is 1.31 bits per heavy atom. The molecular formula is C28H37BN7O2Si. The topological polar surface area (TPSA) is 109 Å². The maximum Gasteiger partial charge on any atom is 0.329 e. The van der Waals surface area contributed by atoms with Gasteiger partial charge in [-0.15, -0.1) is 0 Å². The summed E-state index contributed by atoms with van der Waals surface area (Å²) in [6, 6.07) is 10.2. The lowest BCUT2D eigenvalue weighted by Gasteiger charge is -2.39. The van der Waals surface area contributed by atoms with Gasteiger partial charge in [0.1, 0.15) is 12.3 Å². The number of hydrogen-bond donors (Lipinski definition) is 1. The Bertz CT molecular complexity index is 1410. The van der Waals surface area contributed by atoms with Crippen molar-refractivity contribution < 1.29 is 9.22 Å². The van der Waals surface area contributed by atoms with Crippen LogP contribution >= 0.6 is 0 Å². The van der Waals surface area contributed by atoms with Gasteiger partial charge >= 0.3 is 7.41 Å². The molecule has 1 unspecified atom stereocenters. The summed E-state index contributed by atoms with van der Waals surface area (Å²) in [5, 5.41) is 17.9. The van der Waals surface area contributed by atoms with Gasteiger partial charge in [0.15, 0.2) is 14.1 Å². The molecule has 0 spiro atoms. The summed E-state index contributed by atoms with van der Waals surface area (Å²) in [6.45, 7) is 18.4. The van der Waals surface area contributed by atoms with Crippen molar-refractivity contribution in [2.24, 2.45) is 0 Å². The lowest BCUT2D eigenvalue weighted by Crippen LogP contribution is -2.46. The van der Waals surface area contributed by atoms with E-state index in [1.807, 2.05) is 33.9 Å². The fourth-order valence-corrected chi connectivity index (χ4v) is 5.56. The van der Waals surface area contributed by atoms with Crippen LogP contribution in [0.15, 0.2) is 36.7 Å². The van der Waals surface area contributed by atoms with E-state index in [1.54, 1.807) is 6.20 Å². The second-order valence-electron chi connectivity index (χ2n) is 12.2. The zero-order chi connectivity index (χ0) is 28.6. The molecule has 1 N–H and O–H groups in total. The highest BCUT2D eigenvalue weighted by atomic mass is 28.4. The predicted molar refractivity (Wildman–Crippen MR) is 158 cm³/mol. The lowest BCUT2D eigenvalue weighted by molar-refractivity contribution is 0.219. The average molecular weight is 543 g/mol. The molecule has 0 saturated carbocycles. The molecule has 0 bridgehead atoms. The van der Waals surface area contributed by atoms with E-state index >= 15 is 0 Å². The Labute approximate surface area is 233 Å². The van der Waals surface area contributed by atoms with Crippen LogP contribution in [-0.4, -0.2) is 54.8 Å². The Kier molecular flexibility index (Phi) is 7.74. The van der Waals surface area contributed by atoms with Gasteiger partial charge in [-0.3, -0.25) is 4.68 Å². The van der Waals surface area contributed by atoms with Gasteiger partial charge in [0, 0.05) is 54.3 Å². The molecule has 3 heterocycles. The molecule has 203 valence electrons. The molecule has 3 aromatic rings. The summed E-state index contributed by atoms with van der Waals surface area (Å²) in [5.74, 6) is 1.07. The number of rotatable bonds is 9. The third-order valence-electron chi connectivity index (χ3n) is 7.81. The number of nitrogens with zero attached hydrogens (tertiary/aromatic N) is 6. The molecule has 1 aliphatic rings. The molecule has 0 aliphatic carbocycles. The van der Waals surface area contributed by atoms with E-state index in [1.165, 1.54) is 7.41 Å². The van der Waals surface area contributed by atoms with Crippen molar-refractivity contribution in [3.63, 3.8) is 0 Å². The van der Waals surface area contributed by atoms with Crippen LogP contribution in [-0.2, 0) is 14.6 Å². The normalized spacial score (nSPS) is 17.2. The third-order valence-corrected chi connectivity index (χ3v) is 12.3. The Balaban J connectivity index is 1.72. The largest absolute Gasteiger partial charge is 0.416 e. The molecule has 1 radical (unpaired) electrons. The van der Waals surface area contributed by atoms with Gasteiger partial charge in [0.2, 0.25) is 5.95 Å². The number of nitrogens with one attached hydrogen (secondary N) is 1. The van der Waals surface area contributed by atoms with Crippen molar-refractivity contribution >= 4 is 39.4 Å². The first-order valence-corrected chi connectivity index (χ1v) is 16.1. The van der Waals surface area contributed by atoms with Crippen LogP contribution in [0.4, 0.5) is 17.5 Å². The number of fused-ring (bicyclic) bond motifs is 1. The zero-order valence-electron chi connectivity index (χ0n) is 24.1.